The van der Waals surface area contributed by atoms with Crippen molar-refractivity contribution in [3.63, 3.8) is 0 Å². The maximum atomic E-state index is 14.2. The molecule has 0 aliphatic heterocycles. The predicted molar refractivity (Wildman–Crippen MR) is 105 cm³/mol. The second-order valence-electron chi connectivity index (χ2n) is 6.06. The second kappa shape index (κ2) is 6.92. The Labute approximate surface area is 161 Å². The highest BCUT2D eigenvalue weighted by Crippen LogP contribution is 2.29. The number of benzene rings is 1. The first-order valence-electron chi connectivity index (χ1n) is 8.19. The molecule has 2 N–H and O–H groups in total. The maximum absolute atomic E-state index is 14.2. The van der Waals surface area contributed by atoms with Crippen LogP contribution in [-0.2, 0) is 0 Å². The first-order chi connectivity index (χ1) is 13.0. The third kappa shape index (κ3) is 3.46. The Morgan fingerprint density at radius 1 is 1.15 bits per heavy atom. The predicted octanol–water partition coefficient (Wildman–Crippen LogP) is 5.62. The Bertz CT molecular complexity index is 1120. The number of nitrogens with one attached hydrogen (secondary N) is 2. The number of aromatic nitrogens is 4. The van der Waals surface area contributed by atoms with Crippen molar-refractivity contribution in [3.05, 3.63) is 71.1 Å². The topological polar surface area (TPSA) is 66.5 Å². The molecule has 0 aliphatic carbocycles. The Kier molecular flexibility index (Phi) is 4.45. The fourth-order valence-corrected chi connectivity index (χ4v) is 2.96. The van der Waals surface area contributed by atoms with E-state index >= 15 is 0 Å². The van der Waals surface area contributed by atoms with Crippen LogP contribution in [0.3, 0.4) is 0 Å². The first kappa shape index (κ1) is 17.4. The summed E-state index contributed by atoms with van der Waals surface area (Å²) in [6, 6.07) is 7.47. The van der Waals surface area contributed by atoms with Crippen molar-refractivity contribution in [2.24, 2.45) is 0 Å². The summed E-state index contributed by atoms with van der Waals surface area (Å²) >= 11 is 6.02. The quantitative estimate of drug-likeness (QED) is 0.475. The van der Waals surface area contributed by atoms with Crippen molar-refractivity contribution < 1.29 is 11.6 Å². The molecule has 27 heavy (non-hydrogen) atoms. The lowest BCUT2D eigenvalue weighted by Gasteiger charge is -2.15. The summed E-state index contributed by atoms with van der Waals surface area (Å²) in [6.07, 6.45) is 4.35. The fraction of sp³-hybridized carbons (Fsp3) is 0.105. The third-order valence-corrected chi connectivity index (χ3v) is 4.41. The largest absolute Gasteiger partial charge is 0.361 e. The molecule has 4 aromatic rings. The van der Waals surface area contributed by atoms with Gasteiger partial charge >= 0.3 is 0 Å². The van der Waals surface area contributed by atoms with Gasteiger partial charge in [-0.2, -0.15) is 0 Å². The summed E-state index contributed by atoms with van der Waals surface area (Å²) < 4.78 is 27.3. The van der Waals surface area contributed by atoms with Gasteiger partial charge in [-0.3, -0.25) is 0 Å². The van der Waals surface area contributed by atoms with Gasteiger partial charge in [0.25, 0.3) is 0 Å². The Morgan fingerprint density at radius 2 is 1.93 bits per heavy atom. The van der Waals surface area contributed by atoms with Crippen LogP contribution in [0.4, 0.5) is 14.6 Å². The van der Waals surface area contributed by atoms with Gasteiger partial charge in [-0.15, -0.1) is 0 Å². The molecule has 8 heteroatoms. The number of rotatable bonds is 4. The van der Waals surface area contributed by atoms with Crippen molar-refractivity contribution >= 4 is 28.5 Å². The zero-order valence-corrected chi connectivity index (χ0v) is 14.9. The lowest BCUT2D eigenvalue weighted by Crippen LogP contribution is -2.10. The summed E-state index contributed by atoms with van der Waals surface area (Å²) in [5.41, 5.74) is 2.10. The molecular formula is C19H18ClF2N5. The second-order valence-corrected chi connectivity index (χ2v) is 6.50. The van der Waals surface area contributed by atoms with E-state index in [-0.39, 0.29) is 20.5 Å². The summed E-state index contributed by atoms with van der Waals surface area (Å²) in [7, 11) is 0. The van der Waals surface area contributed by atoms with Crippen molar-refractivity contribution in [2.75, 3.05) is 5.32 Å². The van der Waals surface area contributed by atoms with Gasteiger partial charge in [-0.1, -0.05) is 23.7 Å². The lowest BCUT2D eigenvalue weighted by atomic mass is 10.1. The van der Waals surface area contributed by atoms with E-state index in [9.17, 15) is 8.78 Å². The van der Waals surface area contributed by atoms with Crippen LogP contribution in [0.2, 0.25) is 5.02 Å². The van der Waals surface area contributed by atoms with Crippen molar-refractivity contribution in [1.29, 1.82) is 0 Å². The van der Waals surface area contributed by atoms with E-state index in [0.29, 0.717) is 22.1 Å². The molecule has 0 bridgehead atoms. The summed E-state index contributed by atoms with van der Waals surface area (Å²) in [5.74, 6) is -0.515. The van der Waals surface area contributed by atoms with E-state index in [1.807, 2.05) is 6.92 Å². The fourth-order valence-electron chi connectivity index (χ4n) is 2.80. The normalized spacial score (nSPS) is 12.3. The Hall–Kier alpha value is -3.06. The minimum Gasteiger partial charge on any atom is -0.361 e. The summed E-state index contributed by atoms with van der Waals surface area (Å²) in [5, 5.41) is 4.23. The number of fused-ring (bicyclic) bond motifs is 1. The maximum Gasteiger partial charge on any atom is 0.183 e. The smallest absolute Gasteiger partial charge is 0.183 e. The molecule has 1 atom stereocenters. The van der Waals surface area contributed by atoms with Crippen LogP contribution < -0.4 is 5.32 Å². The third-order valence-electron chi connectivity index (χ3n) is 4.21. The minimum atomic E-state index is -0.580. The molecule has 5 nitrogen and oxygen atoms in total. The van der Waals surface area contributed by atoms with Crippen LogP contribution in [0, 0.1) is 11.6 Å². The molecular weight excluding hydrogens is 372 g/mol. The van der Waals surface area contributed by atoms with Crippen LogP contribution in [0.15, 0.2) is 48.9 Å². The number of hydrogen-bond donors (Lipinski definition) is 2. The van der Waals surface area contributed by atoms with Crippen molar-refractivity contribution in [3.8, 4) is 11.4 Å². The van der Waals surface area contributed by atoms with E-state index in [1.54, 1.807) is 24.4 Å². The van der Waals surface area contributed by atoms with Crippen LogP contribution in [0.25, 0.3) is 22.4 Å². The van der Waals surface area contributed by atoms with Crippen LogP contribution in [0.1, 0.15) is 21.4 Å². The van der Waals surface area contributed by atoms with Gasteiger partial charge in [0.15, 0.2) is 17.5 Å². The molecule has 3 heterocycles. The molecule has 0 spiro atoms. The molecule has 0 saturated carbocycles. The minimum absolute atomic E-state index is 0. The summed E-state index contributed by atoms with van der Waals surface area (Å²) in [6.45, 7) is 1.84. The molecule has 0 unspecified atom stereocenters. The van der Waals surface area contributed by atoms with Crippen LogP contribution >= 0.6 is 11.6 Å². The van der Waals surface area contributed by atoms with E-state index in [0.717, 1.165) is 17.1 Å². The zero-order valence-electron chi connectivity index (χ0n) is 14.2. The number of pyridine rings is 1. The number of H-pyrrole nitrogens is 1. The van der Waals surface area contributed by atoms with Gasteiger partial charge < -0.3 is 10.3 Å². The number of hydrogen-bond acceptors (Lipinski definition) is 4. The number of aromatic amines is 1. The highest BCUT2D eigenvalue weighted by molar-refractivity contribution is 6.31. The number of anilines is 1. The molecule has 0 aliphatic rings. The standard InChI is InChI=1S/C19H14ClF2N5.2H2/c1-10(11-2-4-13(21)5-3-11)26-19-16(22)9-25-18(27-19)15-8-24-17-14(15)6-12(20)7-23-17;;/h2-10H,1H3,(H,23,24)(H,25,26,27);2*1H/t10-;;/m0../s1. The van der Waals surface area contributed by atoms with Gasteiger partial charge in [0.05, 0.1) is 17.3 Å². The molecule has 3 aromatic heterocycles. The van der Waals surface area contributed by atoms with Gasteiger partial charge in [-0.25, -0.2) is 23.7 Å². The molecule has 0 saturated heterocycles. The highest BCUT2D eigenvalue weighted by atomic mass is 35.5. The molecule has 1 aromatic carbocycles. The van der Waals surface area contributed by atoms with E-state index in [4.69, 9.17) is 11.6 Å². The highest BCUT2D eigenvalue weighted by Gasteiger charge is 2.15. The first-order valence-corrected chi connectivity index (χ1v) is 8.56. The molecule has 0 radical (unpaired) electrons. The van der Waals surface area contributed by atoms with Gasteiger partial charge in [0.1, 0.15) is 11.5 Å². The van der Waals surface area contributed by atoms with Crippen LogP contribution in [0.5, 0.6) is 0 Å². The lowest BCUT2D eigenvalue weighted by molar-refractivity contribution is 0.613. The van der Waals surface area contributed by atoms with Gasteiger partial charge in [0.2, 0.25) is 0 Å². The average molecular weight is 390 g/mol. The van der Waals surface area contributed by atoms with Crippen molar-refractivity contribution in [1.82, 2.24) is 19.9 Å². The number of nitrogens with zero attached hydrogens (tertiary/aromatic N) is 3. The van der Waals surface area contributed by atoms with Crippen molar-refractivity contribution in [2.45, 2.75) is 13.0 Å². The van der Waals surface area contributed by atoms with Gasteiger partial charge in [-0.05, 0) is 30.7 Å². The van der Waals surface area contributed by atoms with Crippen LogP contribution in [-0.4, -0.2) is 19.9 Å². The number of halogens is 3. The average Bonchev–Trinajstić information content (AvgIpc) is 3.07. The molecule has 4 rings (SSSR count). The van der Waals surface area contributed by atoms with E-state index in [2.05, 4.69) is 25.3 Å². The SMILES string of the molecule is C[C@H](Nc1nc(-c2c[nH]c3ncc(Cl)cc23)ncc1F)c1ccc(F)cc1.[HH].[HH]. The summed E-state index contributed by atoms with van der Waals surface area (Å²) in [4.78, 5) is 15.6. The van der Waals surface area contributed by atoms with E-state index < -0.39 is 5.82 Å². The van der Waals surface area contributed by atoms with Gasteiger partial charge in [0, 0.05) is 26.2 Å². The zero-order chi connectivity index (χ0) is 19.0. The Morgan fingerprint density at radius 3 is 2.70 bits per heavy atom. The Balaban J connectivity index is 0.00000150. The molecule has 0 fully saturated rings. The van der Waals surface area contributed by atoms with E-state index in [1.165, 1.54) is 18.3 Å². The monoisotopic (exact) mass is 389 g/mol. The molecule has 0 amide bonds. The molecule has 140 valence electrons.